The standard InChI is InChI=1S/C28H22N4O6/c1-38-21-12-11-18(32(36)37)15-20(21)31-27(34)22-23(28(31)35)25(26(33)29-17-8-3-2-4-9-17)30-14-13-16-7-5-6-10-19(16)24(22)30/h2-15,22-25H,1H3,(H,29,33)/t22-,23-,24+,25+/m1/s1. The van der Waals surface area contributed by atoms with Crippen LogP contribution in [0.15, 0.2) is 79.0 Å². The van der Waals surface area contributed by atoms with Gasteiger partial charge in [-0.15, -0.1) is 0 Å². The van der Waals surface area contributed by atoms with Crippen molar-refractivity contribution in [3.05, 3.63) is 100 Å². The van der Waals surface area contributed by atoms with E-state index in [0.717, 1.165) is 22.1 Å². The predicted molar refractivity (Wildman–Crippen MR) is 138 cm³/mol. The molecule has 0 unspecified atom stereocenters. The quantitative estimate of drug-likeness (QED) is 0.315. The minimum Gasteiger partial charge on any atom is -0.495 e. The molecule has 3 amide bonds. The van der Waals surface area contributed by atoms with Crippen molar-refractivity contribution in [1.82, 2.24) is 4.90 Å². The molecule has 2 saturated heterocycles. The van der Waals surface area contributed by atoms with Gasteiger partial charge in [-0.3, -0.25) is 24.5 Å². The van der Waals surface area contributed by atoms with Crippen LogP contribution >= 0.6 is 0 Å². The lowest BCUT2D eigenvalue weighted by molar-refractivity contribution is -0.384. The number of imide groups is 1. The fourth-order valence-corrected chi connectivity index (χ4v) is 5.80. The molecule has 1 N–H and O–H groups in total. The van der Waals surface area contributed by atoms with Crippen molar-refractivity contribution in [2.45, 2.75) is 12.1 Å². The van der Waals surface area contributed by atoms with E-state index in [2.05, 4.69) is 5.32 Å². The molecule has 3 heterocycles. The molecule has 0 aliphatic carbocycles. The lowest BCUT2D eigenvalue weighted by Crippen LogP contribution is -2.46. The zero-order chi connectivity index (χ0) is 26.6. The van der Waals surface area contributed by atoms with Crippen LogP contribution in [0.3, 0.4) is 0 Å². The van der Waals surface area contributed by atoms with Gasteiger partial charge in [-0.25, -0.2) is 4.90 Å². The van der Waals surface area contributed by atoms with Gasteiger partial charge in [-0.2, -0.15) is 0 Å². The number of nitro groups is 1. The molecule has 38 heavy (non-hydrogen) atoms. The Balaban J connectivity index is 1.47. The molecule has 0 spiro atoms. The first-order valence-electron chi connectivity index (χ1n) is 12.0. The SMILES string of the molecule is COc1ccc([N+](=O)[O-])cc1N1C(=O)[C@@H]2[C@@H](C1=O)[C@@H]1c3ccccc3C=CN1[C@@H]2C(=O)Nc1ccccc1. The van der Waals surface area contributed by atoms with E-state index in [0.29, 0.717) is 5.69 Å². The maximum atomic E-state index is 14.0. The molecule has 4 atom stereocenters. The monoisotopic (exact) mass is 510 g/mol. The number of para-hydroxylation sites is 1. The number of carbonyl (C=O) groups is 3. The van der Waals surface area contributed by atoms with E-state index in [4.69, 9.17) is 4.74 Å². The molecule has 0 bridgehead atoms. The molecule has 3 aliphatic heterocycles. The number of hydrogen-bond acceptors (Lipinski definition) is 7. The van der Waals surface area contributed by atoms with Crippen molar-refractivity contribution >= 4 is 40.9 Å². The van der Waals surface area contributed by atoms with Crippen LogP contribution in [0.5, 0.6) is 5.75 Å². The fraction of sp³-hybridized carbons (Fsp3) is 0.179. The van der Waals surface area contributed by atoms with E-state index in [1.165, 1.54) is 19.2 Å². The van der Waals surface area contributed by atoms with Gasteiger partial charge in [0.15, 0.2) is 0 Å². The third kappa shape index (κ3) is 3.45. The number of nitro benzene ring substituents is 1. The molecular weight excluding hydrogens is 488 g/mol. The number of hydrogen-bond donors (Lipinski definition) is 1. The number of anilines is 2. The normalized spacial score (nSPS) is 23.1. The lowest BCUT2D eigenvalue weighted by Gasteiger charge is -2.35. The van der Waals surface area contributed by atoms with Gasteiger partial charge in [0.2, 0.25) is 17.7 Å². The number of benzene rings is 3. The first-order chi connectivity index (χ1) is 18.4. The molecule has 10 nitrogen and oxygen atoms in total. The number of fused-ring (bicyclic) bond motifs is 5. The average molecular weight is 511 g/mol. The summed E-state index contributed by atoms with van der Waals surface area (Å²) in [5, 5.41) is 14.4. The van der Waals surface area contributed by atoms with Crippen molar-refractivity contribution in [3.63, 3.8) is 0 Å². The van der Waals surface area contributed by atoms with E-state index in [-0.39, 0.29) is 17.1 Å². The summed E-state index contributed by atoms with van der Waals surface area (Å²) in [5.74, 6) is -3.32. The van der Waals surface area contributed by atoms with E-state index >= 15 is 0 Å². The summed E-state index contributed by atoms with van der Waals surface area (Å²) < 4.78 is 5.36. The fourth-order valence-electron chi connectivity index (χ4n) is 5.80. The molecule has 3 aliphatic rings. The number of carbonyl (C=O) groups excluding carboxylic acids is 3. The highest BCUT2D eigenvalue weighted by atomic mass is 16.6. The van der Waals surface area contributed by atoms with Crippen LogP contribution in [0.2, 0.25) is 0 Å². The molecule has 0 saturated carbocycles. The van der Waals surface area contributed by atoms with Crippen molar-refractivity contribution in [2.24, 2.45) is 11.8 Å². The Bertz CT molecular complexity index is 1520. The highest BCUT2D eigenvalue weighted by molar-refractivity contribution is 6.25. The summed E-state index contributed by atoms with van der Waals surface area (Å²) in [6.07, 6.45) is 3.63. The summed E-state index contributed by atoms with van der Waals surface area (Å²) in [6.45, 7) is 0. The van der Waals surface area contributed by atoms with Crippen molar-refractivity contribution in [1.29, 1.82) is 0 Å². The molecule has 6 rings (SSSR count). The molecule has 0 aromatic heterocycles. The van der Waals surface area contributed by atoms with E-state index in [1.807, 2.05) is 36.4 Å². The molecule has 190 valence electrons. The number of amides is 3. The molecule has 2 fully saturated rings. The van der Waals surface area contributed by atoms with E-state index in [9.17, 15) is 24.5 Å². The number of rotatable bonds is 5. The number of non-ortho nitro benzene ring substituents is 1. The van der Waals surface area contributed by atoms with Gasteiger partial charge in [-0.1, -0.05) is 42.5 Å². The second-order valence-electron chi connectivity index (χ2n) is 9.31. The predicted octanol–water partition coefficient (Wildman–Crippen LogP) is 3.76. The first-order valence-corrected chi connectivity index (χ1v) is 12.0. The largest absolute Gasteiger partial charge is 0.495 e. The molecule has 0 radical (unpaired) electrons. The summed E-state index contributed by atoms with van der Waals surface area (Å²) in [4.78, 5) is 55.4. The zero-order valence-corrected chi connectivity index (χ0v) is 20.2. The maximum Gasteiger partial charge on any atom is 0.271 e. The Labute approximate surface area is 217 Å². The number of ether oxygens (including phenoxy) is 1. The lowest BCUT2D eigenvalue weighted by atomic mass is 9.84. The van der Waals surface area contributed by atoms with Gasteiger partial charge >= 0.3 is 0 Å². The van der Waals surface area contributed by atoms with Crippen LogP contribution in [-0.2, 0) is 14.4 Å². The van der Waals surface area contributed by atoms with Crippen LogP contribution < -0.4 is 15.0 Å². The Hall–Kier alpha value is -4.99. The van der Waals surface area contributed by atoms with Crippen LogP contribution in [0.25, 0.3) is 6.08 Å². The van der Waals surface area contributed by atoms with Gasteiger partial charge < -0.3 is 15.0 Å². The Morgan fingerprint density at radius 1 is 0.974 bits per heavy atom. The Kier molecular flexibility index (Phi) is 5.45. The minimum absolute atomic E-state index is 0.0143. The minimum atomic E-state index is -1.02. The van der Waals surface area contributed by atoms with Gasteiger partial charge in [0, 0.05) is 24.0 Å². The van der Waals surface area contributed by atoms with Crippen LogP contribution in [0.1, 0.15) is 17.2 Å². The van der Waals surface area contributed by atoms with Crippen molar-refractivity contribution in [2.75, 3.05) is 17.3 Å². The number of nitrogens with one attached hydrogen (secondary N) is 1. The Morgan fingerprint density at radius 2 is 1.68 bits per heavy atom. The summed E-state index contributed by atoms with van der Waals surface area (Å²) in [7, 11) is 1.36. The molecule has 3 aromatic rings. The summed E-state index contributed by atoms with van der Waals surface area (Å²) >= 11 is 0. The van der Waals surface area contributed by atoms with Crippen LogP contribution in [0, 0.1) is 22.0 Å². The molecule has 10 heteroatoms. The van der Waals surface area contributed by atoms with Gasteiger partial charge in [0.1, 0.15) is 17.5 Å². The zero-order valence-electron chi connectivity index (χ0n) is 20.2. The van der Waals surface area contributed by atoms with Crippen LogP contribution in [0.4, 0.5) is 17.1 Å². The maximum absolute atomic E-state index is 14.0. The molecule has 3 aromatic carbocycles. The second kappa shape index (κ2) is 8.84. The van der Waals surface area contributed by atoms with Crippen molar-refractivity contribution in [3.8, 4) is 5.75 Å². The van der Waals surface area contributed by atoms with Gasteiger partial charge in [-0.05, 0) is 35.4 Å². The third-order valence-corrected chi connectivity index (χ3v) is 7.39. The van der Waals surface area contributed by atoms with Crippen molar-refractivity contribution < 1.29 is 24.0 Å². The second-order valence-corrected chi connectivity index (χ2v) is 9.31. The van der Waals surface area contributed by atoms with E-state index in [1.54, 1.807) is 35.4 Å². The number of methoxy groups -OCH3 is 1. The molecular formula is C28H22N4O6. The highest BCUT2D eigenvalue weighted by Crippen LogP contribution is 2.54. The topological polar surface area (TPSA) is 122 Å². The van der Waals surface area contributed by atoms with Crippen LogP contribution in [-0.4, -0.2) is 40.7 Å². The van der Waals surface area contributed by atoms with Gasteiger partial charge in [0.25, 0.3) is 5.69 Å². The Morgan fingerprint density at radius 3 is 2.42 bits per heavy atom. The smallest absolute Gasteiger partial charge is 0.271 e. The van der Waals surface area contributed by atoms with Gasteiger partial charge in [0.05, 0.1) is 29.9 Å². The first kappa shape index (κ1) is 23.4. The highest BCUT2D eigenvalue weighted by Gasteiger charge is 2.65. The summed E-state index contributed by atoms with van der Waals surface area (Å²) in [5.41, 5.74) is 1.98. The number of nitrogens with zero attached hydrogens (tertiary/aromatic N) is 3. The van der Waals surface area contributed by atoms with E-state index < -0.39 is 46.6 Å². The third-order valence-electron chi connectivity index (χ3n) is 7.39. The summed E-state index contributed by atoms with van der Waals surface area (Å²) in [6, 6.07) is 18.6. The average Bonchev–Trinajstić information content (AvgIpc) is 3.41.